The monoisotopic (exact) mass is 379 g/mol. The summed E-state index contributed by atoms with van der Waals surface area (Å²) in [4.78, 5) is 26.6. The number of carbonyl (C=O) groups excluding carboxylic acids is 1. The highest BCUT2D eigenvalue weighted by atomic mass is 16.6. The largest absolute Gasteiger partial charge is 0.872 e. The van der Waals surface area contributed by atoms with E-state index in [0.29, 0.717) is 11.3 Å². The Morgan fingerprint density at radius 3 is 2.86 bits per heavy atom. The molecule has 1 aromatic heterocycles. The lowest BCUT2D eigenvalue weighted by Gasteiger charge is -2.14. The SMILES string of the molecule is CC(Oc1cccc2cccnc12)C(=O)NN=Cc1cc([N+](=O)[O-])ccc1[O-]. The highest BCUT2D eigenvalue weighted by Gasteiger charge is 2.15. The zero-order valence-electron chi connectivity index (χ0n) is 14.7. The van der Waals surface area contributed by atoms with Crippen molar-refractivity contribution in [3.8, 4) is 11.5 Å². The van der Waals surface area contributed by atoms with E-state index in [9.17, 15) is 20.0 Å². The second-order valence-electron chi connectivity index (χ2n) is 5.80. The molecule has 0 radical (unpaired) electrons. The first-order chi connectivity index (χ1) is 13.5. The molecule has 9 heteroatoms. The summed E-state index contributed by atoms with van der Waals surface area (Å²) in [5.41, 5.74) is 2.62. The number of rotatable bonds is 6. The van der Waals surface area contributed by atoms with Crippen LogP contribution in [0.4, 0.5) is 5.69 Å². The van der Waals surface area contributed by atoms with Crippen LogP contribution >= 0.6 is 0 Å². The molecule has 1 N–H and O–H groups in total. The molecule has 0 aliphatic heterocycles. The number of carbonyl (C=O) groups is 1. The van der Waals surface area contributed by atoms with E-state index in [2.05, 4.69) is 15.5 Å². The third-order valence-electron chi connectivity index (χ3n) is 3.85. The van der Waals surface area contributed by atoms with Crippen molar-refractivity contribution < 1.29 is 19.6 Å². The number of hydrogen-bond acceptors (Lipinski definition) is 7. The number of pyridine rings is 1. The maximum Gasteiger partial charge on any atom is 0.280 e. The lowest BCUT2D eigenvalue weighted by Crippen LogP contribution is -2.33. The van der Waals surface area contributed by atoms with Crippen LogP contribution in [0.5, 0.6) is 11.5 Å². The Balaban J connectivity index is 1.67. The summed E-state index contributed by atoms with van der Waals surface area (Å²) >= 11 is 0. The van der Waals surface area contributed by atoms with Crippen molar-refractivity contribution in [2.45, 2.75) is 13.0 Å². The Kier molecular flexibility index (Phi) is 5.45. The molecular weight excluding hydrogens is 364 g/mol. The quantitative estimate of drug-likeness (QED) is 0.397. The Morgan fingerprint density at radius 1 is 1.29 bits per heavy atom. The van der Waals surface area contributed by atoms with Gasteiger partial charge in [0.15, 0.2) is 6.10 Å². The minimum atomic E-state index is -0.887. The van der Waals surface area contributed by atoms with Gasteiger partial charge in [-0.25, -0.2) is 5.43 Å². The first-order valence-corrected chi connectivity index (χ1v) is 8.24. The van der Waals surface area contributed by atoms with E-state index in [4.69, 9.17) is 4.74 Å². The number of aromatic nitrogens is 1. The zero-order valence-corrected chi connectivity index (χ0v) is 14.7. The molecule has 0 aliphatic rings. The van der Waals surface area contributed by atoms with E-state index in [-0.39, 0.29) is 11.3 Å². The van der Waals surface area contributed by atoms with E-state index in [1.165, 1.54) is 0 Å². The smallest absolute Gasteiger partial charge is 0.280 e. The fourth-order valence-electron chi connectivity index (χ4n) is 2.42. The van der Waals surface area contributed by atoms with Gasteiger partial charge in [0.2, 0.25) is 0 Å². The highest BCUT2D eigenvalue weighted by Crippen LogP contribution is 2.24. The molecule has 28 heavy (non-hydrogen) atoms. The van der Waals surface area contributed by atoms with Gasteiger partial charge in [0.05, 0.1) is 11.1 Å². The number of nitro groups is 1. The molecule has 0 saturated heterocycles. The number of ether oxygens (including phenoxy) is 1. The van der Waals surface area contributed by atoms with E-state index in [1.807, 2.05) is 12.1 Å². The van der Waals surface area contributed by atoms with Gasteiger partial charge in [-0.2, -0.15) is 5.10 Å². The van der Waals surface area contributed by atoms with Crippen LogP contribution in [0.2, 0.25) is 0 Å². The second-order valence-corrected chi connectivity index (χ2v) is 5.80. The van der Waals surface area contributed by atoms with Crippen molar-refractivity contribution in [3.63, 3.8) is 0 Å². The lowest BCUT2D eigenvalue weighted by molar-refractivity contribution is -0.385. The van der Waals surface area contributed by atoms with E-state index in [1.54, 1.807) is 31.3 Å². The summed E-state index contributed by atoms with van der Waals surface area (Å²) in [5, 5.41) is 27.0. The molecule has 1 unspecified atom stereocenters. The molecule has 0 fully saturated rings. The Morgan fingerprint density at radius 2 is 2.07 bits per heavy atom. The summed E-state index contributed by atoms with van der Waals surface area (Å²) in [6.45, 7) is 1.54. The van der Waals surface area contributed by atoms with Gasteiger partial charge in [-0.1, -0.05) is 30.0 Å². The van der Waals surface area contributed by atoms with Crippen molar-refractivity contribution in [1.29, 1.82) is 0 Å². The van der Waals surface area contributed by atoms with Crippen LogP contribution in [0.15, 0.2) is 59.8 Å². The van der Waals surface area contributed by atoms with Crippen LogP contribution < -0.4 is 15.3 Å². The van der Waals surface area contributed by atoms with Gasteiger partial charge >= 0.3 is 0 Å². The van der Waals surface area contributed by atoms with Crippen LogP contribution in [0.1, 0.15) is 12.5 Å². The van der Waals surface area contributed by atoms with Gasteiger partial charge in [-0.05, 0) is 24.6 Å². The van der Waals surface area contributed by atoms with Crippen molar-refractivity contribution in [2.24, 2.45) is 5.10 Å². The predicted molar refractivity (Wildman–Crippen MR) is 100 cm³/mol. The van der Waals surface area contributed by atoms with Crippen molar-refractivity contribution in [1.82, 2.24) is 10.4 Å². The Hall–Kier alpha value is -4.01. The number of hydrazone groups is 1. The Bertz CT molecular complexity index is 1060. The summed E-state index contributed by atoms with van der Waals surface area (Å²) < 4.78 is 5.67. The number of nitro benzene ring substituents is 1. The summed E-state index contributed by atoms with van der Waals surface area (Å²) in [6.07, 6.45) is 1.80. The van der Waals surface area contributed by atoms with Crippen molar-refractivity contribution >= 4 is 28.7 Å². The fourth-order valence-corrected chi connectivity index (χ4v) is 2.42. The average molecular weight is 379 g/mol. The molecule has 3 rings (SSSR count). The maximum absolute atomic E-state index is 12.2. The van der Waals surface area contributed by atoms with Gasteiger partial charge in [0.1, 0.15) is 11.3 Å². The number of non-ortho nitro benzene ring substituents is 1. The van der Waals surface area contributed by atoms with Crippen LogP contribution in [-0.2, 0) is 4.79 Å². The molecule has 1 amide bonds. The number of hydrogen-bond donors (Lipinski definition) is 1. The molecule has 1 atom stereocenters. The van der Waals surface area contributed by atoms with Crippen molar-refractivity contribution in [2.75, 3.05) is 0 Å². The van der Waals surface area contributed by atoms with Gasteiger partial charge in [0.25, 0.3) is 11.6 Å². The number of fused-ring (bicyclic) bond motifs is 1. The molecule has 0 saturated carbocycles. The molecule has 9 nitrogen and oxygen atoms in total. The fraction of sp³-hybridized carbons (Fsp3) is 0.105. The number of benzene rings is 2. The normalized spacial score (nSPS) is 12.0. The Labute approximate surface area is 159 Å². The van der Waals surface area contributed by atoms with Crippen LogP contribution in [0.3, 0.4) is 0 Å². The molecule has 142 valence electrons. The third kappa shape index (κ3) is 4.21. The standard InChI is InChI=1S/C19H16N4O5/c1-12(28-17-6-2-4-13-5-3-9-20-18(13)17)19(25)22-21-11-14-10-15(23(26)27)7-8-16(14)24/h2-12,24H,1H3,(H,22,25)/p-1. The van der Waals surface area contributed by atoms with Crippen LogP contribution in [0, 0.1) is 10.1 Å². The molecule has 0 aliphatic carbocycles. The minimum absolute atomic E-state index is 0.0127. The number of para-hydroxylation sites is 1. The molecule has 1 heterocycles. The van der Waals surface area contributed by atoms with Gasteiger partial charge in [-0.3, -0.25) is 19.9 Å². The predicted octanol–water partition coefficient (Wildman–Crippen LogP) is 2.13. The summed E-state index contributed by atoms with van der Waals surface area (Å²) in [6, 6.07) is 12.3. The molecule has 0 bridgehead atoms. The summed E-state index contributed by atoms with van der Waals surface area (Å²) in [5.74, 6) is -0.554. The lowest BCUT2D eigenvalue weighted by atomic mass is 10.2. The van der Waals surface area contributed by atoms with E-state index in [0.717, 1.165) is 29.8 Å². The first kappa shape index (κ1) is 18.8. The first-order valence-electron chi connectivity index (χ1n) is 8.24. The number of amides is 1. The third-order valence-corrected chi connectivity index (χ3v) is 3.85. The highest BCUT2D eigenvalue weighted by molar-refractivity contribution is 5.88. The number of nitrogens with one attached hydrogen (secondary N) is 1. The topological polar surface area (TPSA) is 130 Å². The molecular formula is C19H15N4O5-. The average Bonchev–Trinajstić information content (AvgIpc) is 2.69. The van der Waals surface area contributed by atoms with E-state index < -0.39 is 22.7 Å². The van der Waals surface area contributed by atoms with Crippen LogP contribution in [-0.4, -0.2) is 28.1 Å². The van der Waals surface area contributed by atoms with Gasteiger partial charge in [-0.15, -0.1) is 0 Å². The second kappa shape index (κ2) is 8.12. The minimum Gasteiger partial charge on any atom is -0.872 e. The van der Waals surface area contributed by atoms with Gasteiger partial charge < -0.3 is 9.84 Å². The molecule has 0 spiro atoms. The van der Waals surface area contributed by atoms with Crippen LogP contribution in [0.25, 0.3) is 10.9 Å². The van der Waals surface area contributed by atoms with Gasteiger partial charge in [0, 0.05) is 23.7 Å². The van der Waals surface area contributed by atoms with E-state index >= 15 is 0 Å². The number of nitrogens with zero attached hydrogens (tertiary/aromatic N) is 3. The van der Waals surface area contributed by atoms with Crippen molar-refractivity contribution in [3.05, 3.63) is 70.4 Å². The zero-order chi connectivity index (χ0) is 20.1. The maximum atomic E-state index is 12.2. The summed E-state index contributed by atoms with van der Waals surface area (Å²) in [7, 11) is 0. The molecule has 2 aromatic carbocycles. The molecule has 3 aromatic rings.